The molecule has 3 nitrogen and oxygen atoms in total. The van der Waals surface area contributed by atoms with Gasteiger partial charge in [-0.05, 0) is 20.6 Å². The molecule has 0 aromatic rings. The van der Waals surface area contributed by atoms with Crippen molar-refractivity contribution < 1.29 is 9.90 Å². The second-order valence-electron chi connectivity index (χ2n) is 1.50. The van der Waals surface area contributed by atoms with Gasteiger partial charge in [0.05, 0.1) is 0 Å². The fraction of sp³-hybridized carbons (Fsp3) is 0.800. The summed E-state index contributed by atoms with van der Waals surface area (Å²) in [5.74, 6) is 0. The van der Waals surface area contributed by atoms with Crippen molar-refractivity contribution >= 4 is 6.47 Å². The van der Waals surface area contributed by atoms with E-state index in [9.17, 15) is 0 Å². The van der Waals surface area contributed by atoms with Crippen LogP contribution < -0.4 is 0 Å². The van der Waals surface area contributed by atoms with Gasteiger partial charge in [-0.2, -0.15) is 0 Å². The van der Waals surface area contributed by atoms with Crippen molar-refractivity contribution in [1.29, 1.82) is 0 Å². The van der Waals surface area contributed by atoms with Gasteiger partial charge < -0.3 is 10.0 Å². The maximum absolute atomic E-state index is 8.36. The lowest BCUT2D eigenvalue weighted by atomic mass is 10.7. The first-order valence-electron chi connectivity index (χ1n) is 2.41. The SMILES string of the molecule is CCN(C)C.O=CO. The molecular weight excluding hydrogens is 106 g/mol. The first-order chi connectivity index (χ1) is 3.68. The van der Waals surface area contributed by atoms with E-state index in [0.717, 1.165) is 6.54 Å². The predicted octanol–water partition coefficient (Wildman–Crippen LogP) is 0.269. The average molecular weight is 119 g/mol. The lowest BCUT2D eigenvalue weighted by Crippen LogP contribution is -2.08. The molecule has 0 aromatic heterocycles. The van der Waals surface area contributed by atoms with Gasteiger partial charge in [-0.1, -0.05) is 6.92 Å². The number of carboxylic acid groups (broad SMARTS) is 1. The van der Waals surface area contributed by atoms with E-state index in [2.05, 4.69) is 25.9 Å². The Morgan fingerprint density at radius 3 is 1.75 bits per heavy atom. The fourth-order valence-electron chi connectivity index (χ4n) is 0. The molecule has 0 rings (SSSR count). The molecule has 0 saturated carbocycles. The Hall–Kier alpha value is -0.570. The van der Waals surface area contributed by atoms with Crippen LogP contribution in [0.15, 0.2) is 0 Å². The summed E-state index contributed by atoms with van der Waals surface area (Å²) in [6.45, 7) is 3.01. The van der Waals surface area contributed by atoms with E-state index < -0.39 is 0 Å². The molecule has 50 valence electrons. The van der Waals surface area contributed by atoms with E-state index in [1.54, 1.807) is 0 Å². The topological polar surface area (TPSA) is 40.5 Å². The van der Waals surface area contributed by atoms with Crippen molar-refractivity contribution in [2.75, 3.05) is 20.6 Å². The van der Waals surface area contributed by atoms with Crippen LogP contribution in [0.25, 0.3) is 0 Å². The average Bonchev–Trinajstić information content (AvgIpc) is 1.69. The number of hydrogen-bond donors (Lipinski definition) is 1. The Kier molecular flexibility index (Phi) is 12.6. The van der Waals surface area contributed by atoms with Crippen LogP contribution in [0.3, 0.4) is 0 Å². The van der Waals surface area contributed by atoms with Crippen LogP contribution in [0.4, 0.5) is 0 Å². The molecule has 0 aromatic carbocycles. The first-order valence-corrected chi connectivity index (χ1v) is 2.41. The summed E-state index contributed by atoms with van der Waals surface area (Å²) in [6.07, 6.45) is 0. The van der Waals surface area contributed by atoms with E-state index in [1.807, 2.05) is 0 Å². The van der Waals surface area contributed by atoms with Crippen molar-refractivity contribution in [3.8, 4) is 0 Å². The minimum Gasteiger partial charge on any atom is -0.483 e. The molecule has 1 N–H and O–H groups in total. The van der Waals surface area contributed by atoms with Crippen LogP contribution >= 0.6 is 0 Å². The zero-order chi connectivity index (χ0) is 6.99. The van der Waals surface area contributed by atoms with E-state index in [0.29, 0.717) is 0 Å². The van der Waals surface area contributed by atoms with Crippen LogP contribution in [0.5, 0.6) is 0 Å². The fourth-order valence-corrected chi connectivity index (χ4v) is 0. The Labute approximate surface area is 49.9 Å². The number of carbonyl (C=O) groups is 1. The molecule has 0 heterocycles. The minimum atomic E-state index is -0.250. The number of hydrogen-bond acceptors (Lipinski definition) is 2. The maximum atomic E-state index is 8.36. The largest absolute Gasteiger partial charge is 0.483 e. The standard InChI is InChI=1S/C4H11N.CH2O2/c1-4-5(2)3;2-1-3/h4H2,1-3H3;1H,(H,2,3). The second-order valence-corrected chi connectivity index (χ2v) is 1.50. The normalized spacial score (nSPS) is 7.50. The van der Waals surface area contributed by atoms with Gasteiger partial charge in [-0.15, -0.1) is 0 Å². The molecule has 0 aliphatic heterocycles. The van der Waals surface area contributed by atoms with E-state index in [1.165, 1.54) is 0 Å². The van der Waals surface area contributed by atoms with Crippen molar-refractivity contribution in [2.45, 2.75) is 6.92 Å². The third kappa shape index (κ3) is 52.1. The van der Waals surface area contributed by atoms with Gasteiger partial charge in [0.15, 0.2) is 0 Å². The summed E-state index contributed by atoms with van der Waals surface area (Å²) in [4.78, 5) is 10.5. The molecule has 0 radical (unpaired) electrons. The van der Waals surface area contributed by atoms with Gasteiger partial charge >= 0.3 is 0 Å². The maximum Gasteiger partial charge on any atom is 0.290 e. The predicted molar refractivity (Wildman–Crippen MR) is 32.9 cm³/mol. The van der Waals surface area contributed by atoms with Gasteiger partial charge in [0.25, 0.3) is 6.47 Å². The molecule has 0 unspecified atom stereocenters. The molecule has 3 heteroatoms. The smallest absolute Gasteiger partial charge is 0.290 e. The Morgan fingerprint density at radius 1 is 1.62 bits per heavy atom. The van der Waals surface area contributed by atoms with E-state index in [4.69, 9.17) is 9.90 Å². The number of nitrogens with zero attached hydrogens (tertiary/aromatic N) is 1. The molecule has 0 bridgehead atoms. The summed E-state index contributed by atoms with van der Waals surface area (Å²) in [7, 11) is 4.11. The summed E-state index contributed by atoms with van der Waals surface area (Å²) < 4.78 is 0. The van der Waals surface area contributed by atoms with Gasteiger partial charge in [-0.3, -0.25) is 4.79 Å². The molecule has 0 saturated heterocycles. The van der Waals surface area contributed by atoms with Crippen LogP contribution in [0.2, 0.25) is 0 Å². The second kappa shape index (κ2) is 9.66. The summed E-state index contributed by atoms with van der Waals surface area (Å²) in [5.41, 5.74) is 0. The van der Waals surface area contributed by atoms with Crippen molar-refractivity contribution in [2.24, 2.45) is 0 Å². The van der Waals surface area contributed by atoms with E-state index >= 15 is 0 Å². The van der Waals surface area contributed by atoms with E-state index in [-0.39, 0.29) is 6.47 Å². The highest BCUT2D eigenvalue weighted by Crippen LogP contribution is 1.63. The molecule has 0 spiro atoms. The van der Waals surface area contributed by atoms with Crippen LogP contribution in [-0.4, -0.2) is 37.1 Å². The lowest BCUT2D eigenvalue weighted by molar-refractivity contribution is -0.122. The van der Waals surface area contributed by atoms with Gasteiger partial charge in [0, 0.05) is 0 Å². The highest BCUT2D eigenvalue weighted by Gasteiger charge is 1.72. The number of rotatable bonds is 1. The molecule has 0 atom stereocenters. The molecule has 0 fully saturated rings. The van der Waals surface area contributed by atoms with Crippen LogP contribution in [0.1, 0.15) is 6.92 Å². The van der Waals surface area contributed by atoms with Gasteiger partial charge in [0.2, 0.25) is 0 Å². The van der Waals surface area contributed by atoms with Crippen LogP contribution in [-0.2, 0) is 4.79 Å². The molecule has 0 amide bonds. The Morgan fingerprint density at radius 2 is 1.75 bits per heavy atom. The van der Waals surface area contributed by atoms with Gasteiger partial charge in [-0.25, -0.2) is 0 Å². The molecule has 0 aliphatic carbocycles. The Bertz CT molecular complexity index is 45.7. The highest BCUT2D eigenvalue weighted by molar-refractivity contribution is 5.32. The van der Waals surface area contributed by atoms with Crippen molar-refractivity contribution in [3.05, 3.63) is 0 Å². The zero-order valence-corrected chi connectivity index (χ0v) is 5.59. The van der Waals surface area contributed by atoms with Gasteiger partial charge in [0.1, 0.15) is 0 Å². The van der Waals surface area contributed by atoms with Crippen molar-refractivity contribution in [3.63, 3.8) is 0 Å². The molecule has 8 heavy (non-hydrogen) atoms. The summed E-state index contributed by atoms with van der Waals surface area (Å²) >= 11 is 0. The van der Waals surface area contributed by atoms with Crippen LogP contribution in [0, 0.1) is 0 Å². The lowest BCUT2D eigenvalue weighted by Gasteiger charge is -2.00. The first kappa shape index (κ1) is 10.4. The molecular formula is C5H13NO2. The summed E-state index contributed by atoms with van der Waals surface area (Å²) in [6, 6.07) is 0. The molecule has 0 aliphatic rings. The zero-order valence-electron chi connectivity index (χ0n) is 5.59. The third-order valence-electron chi connectivity index (χ3n) is 0.632. The minimum absolute atomic E-state index is 0.250. The third-order valence-corrected chi connectivity index (χ3v) is 0.632. The van der Waals surface area contributed by atoms with Crippen molar-refractivity contribution in [1.82, 2.24) is 4.90 Å². The summed E-state index contributed by atoms with van der Waals surface area (Å²) in [5, 5.41) is 6.89. The quantitative estimate of drug-likeness (QED) is 0.504. The monoisotopic (exact) mass is 119 g/mol. The Balaban J connectivity index is 0. The highest BCUT2D eigenvalue weighted by atomic mass is 16.3.